The molecule has 1 fully saturated rings. The van der Waals surface area contributed by atoms with Gasteiger partial charge in [-0.05, 0) is 55.2 Å². The normalized spacial score (nSPS) is 14.7. The molecule has 0 atom stereocenters. The van der Waals surface area contributed by atoms with Crippen molar-refractivity contribution in [2.75, 3.05) is 18.9 Å². The summed E-state index contributed by atoms with van der Waals surface area (Å²) in [5.41, 5.74) is 1.80. The highest BCUT2D eigenvalue weighted by Gasteiger charge is 2.19. The molecule has 5 nitrogen and oxygen atoms in total. The first kappa shape index (κ1) is 18.1. The molecule has 1 aliphatic rings. The molecular formula is C21H25N3O2. The second-order valence-electron chi connectivity index (χ2n) is 6.96. The Morgan fingerprint density at radius 2 is 1.81 bits per heavy atom. The van der Waals surface area contributed by atoms with Crippen LogP contribution in [0.25, 0.3) is 0 Å². The van der Waals surface area contributed by atoms with Crippen LogP contribution in [0.2, 0.25) is 0 Å². The van der Waals surface area contributed by atoms with Gasteiger partial charge in [0, 0.05) is 37.2 Å². The Bertz CT molecular complexity index is 738. The van der Waals surface area contributed by atoms with Crippen molar-refractivity contribution < 1.29 is 9.59 Å². The molecule has 3 rings (SSSR count). The van der Waals surface area contributed by atoms with Crippen molar-refractivity contribution in [3.05, 3.63) is 59.9 Å². The molecule has 1 N–H and O–H groups in total. The predicted octanol–water partition coefficient (Wildman–Crippen LogP) is 3.99. The minimum atomic E-state index is -0.216. The predicted molar refractivity (Wildman–Crippen MR) is 102 cm³/mol. The molecule has 0 radical (unpaired) electrons. The van der Waals surface area contributed by atoms with Crippen LogP contribution in [0.4, 0.5) is 5.69 Å². The van der Waals surface area contributed by atoms with E-state index in [1.165, 1.54) is 38.3 Å². The largest absolute Gasteiger partial charge is 0.341 e. The van der Waals surface area contributed by atoms with Gasteiger partial charge in [0.2, 0.25) is 0 Å². The molecule has 1 saturated carbocycles. The van der Waals surface area contributed by atoms with E-state index in [4.69, 9.17) is 0 Å². The Labute approximate surface area is 154 Å². The molecule has 2 aromatic rings. The van der Waals surface area contributed by atoms with E-state index in [-0.39, 0.29) is 11.8 Å². The number of carbonyl (C=O) groups is 2. The van der Waals surface area contributed by atoms with Crippen LogP contribution in [-0.2, 0) is 0 Å². The smallest absolute Gasteiger partial charge is 0.257 e. The van der Waals surface area contributed by atoms with Gasteiger partial charge in [0.25, 0.3) is 11.8 Å². The molecule has 0 spiro atoms. The lowest BCUT2D eigenvalue weighted by atomic mass is 9.89. The quantitative estimate of drug-likeness (QED) is 0.886. The molecule has 1 aliphatic carbocycles. The zero-order chi connectivity index (χ0) is 18.4. The molecule has 0 aliphatic heterocycles. The molecular weight excluding hydrogens is 326 g/mol. The summed E-state index contributed by atoms with van der Waals surface area (Å²) in [4.78, 5) is 30.5. The molecule has 26 heavy (non-hydrogen) atoms. The Balaban J connectivity index is 1.57. The van der Waals surface area contributed by atoms with Gasteiger partial charge in [-0.2, -0.15) is 0 Å². The first-order chi connectivity index (χ1) is 12.6. The fraction of sp³-hybridized carbons (Fsp3) is 0.381. The van der Waals surface area contributed by atoms with Gasteiger partial charge >= 0.3 is 0 Å². The van der Waals surface area contributed by atoms with Gasteiger partial charge in [-0.1, -0.05) is 19.3 Å². The van der Waals surface area contributed by atoms with Crippen molar-refractivity contribution in [1.82, 2.24) is 9.88 Å². The average molecular weight is 351 g/mol. The van der Waals surface area contributed by atoms with Crippen LogP contribution < -0.4 is 5.32 Å². The minimum absolute atomic E-state index is 0.0284. The zero-order valence-electron chi connectivity index (χ0n) is 15.1. The summed E-state index contributed by atoms with van der Waals surface area (Å²) in [6.45, 7) is 0.818. The van der Waals surface area contributed by atoms with E-state index in [2.05, 4.69) is 10.3 Å². The van der Waals surface area contributed by atoms with Crippen LogP contribution in [0.1, 0.15) is 52.8 Å². The molecule has 5 heteroatoms. The second kappa shape index (κ2) is 8.61. The topological polar surface area (TPSA) is 62.3 Å². The summed E-state index contributed by atoms with van der Waals surface area (Å²) in [5, 5.41) is 2.82. The Morgan fingerprint density at radius 3 is 2.46 bits per heavy atom. The monoisotopic (exact) mass is 351 g/mol. The van der Waals surface area contributed by atoms with E-state index in [0.717, 1.165) is 6.54 Å². The average Bonchev–Trinajstić information content (AvgIpc) is 2.69. The van der Waals surface area contributed by atoms with Crippen molar-refractivity contribution >= 4 is 17.5 Å². The molecule has 0 unspecified atom stereocenters. The maximum absolute atomic E-state index is 12.6. The number of benzene rings is 1. The fourth-order valence-corrected chi connectivity index (χ4v) is 3.46. The van der Waals surface area contributed by atoms with Crippen LogP contribution in [-0.4, -0.2) is 35.3 Å². The summed E-state index contributed by atoms with van der Waals surface area (Å²) in [6.07, 6.45) is 9.46. The van der Waals surface area contributed by atoms with Crippen LogP contribution in [0.5, 0.6) is 0 Å². The highest BCUT2D eigenvalue weighted by atomic mass is 16.2. The Kier molecular flexibility index (Phi) is 6.00. The number of nitrogens with one attached hydrogen (secondary N) is 1. The summed E-state index contributed by atoms with van der Waals surface area (Å²) in [5.74, 6) is 0.433. The third kappa shape index (κ3) is 4.69. The molecule has 2 amide bonds. The van der Waals surface area contributed by atoms with Crippen LogP contribution >= 0.6 is 0 Å². The number of aromatic nitrogens is 1. The lowest BCUT2D eigenvalue weighted by Crippen LogP contribution is -2.32. The Morgan fingerprint density at radius 1 is 1.08 bits per heavy atom. The van der Waals surface area contributed by atoms with Crippen molar-refractivity contribution in [1.29, 1.82) is 0 Å². The third-order valence-corrected chi connectivity index (χ3v) is 4.92. The van der Waals surface area contributed by atoms with E-state index in [0.29, 0.717) is 22.7 Å². The van der Waals surface area contributed by atoms with E-state index in [1.807, 2.05) is 11.9 Å². The van der Waals surface area contributed by atoms with E-state index < -0.39 is 0 Å². The number of carbonyl (C=O) groups excluding carboxylic acids is 2. The molecule has 136 valence electrons. The summed E-state index contributed by atoms with van der Waals surface area (Å²) in [7, 11) is 1.87. The first-order valence-corrected chi connectivity index (χ1v) is 9.20. The van der Waals surface area contributed by atoms with Crippen molar-refractivity contribution in [2.24, 2.45) is 5.92 Å². The van der Waals surface area contributed by atoms with Crippen molar-refractivity contribution in [3.8, 4) is 0 Å². The maximum Gasteiger partial charge on any atom is 0.257 e. The SMILES string of the molecule is CN(CC1CCCCC1)C(=O)c1ccc(NC(=O)c2cccnc2)cc1. The summed E-state index contributed by atoms with van der Waals surface area (Å²) >= 11 is 0. The van der Waals surface area contributed by atoms with Gasteiger partial charge in [0.1, 0.15) is 0 Å². The van der Waals surface area contributed by atoms with Crippen molar-refractivity contribution in [2.45, 2.75) is 32.1 Å². The lowest BCUT2D eigenvalue weighted by Gasteiger charge is -2.27. The van der Waals surface area contributed by atoms with E-state index in [9.17, 15) is 9.59 Å². The molecule has 1 heterocycles. The number of nitrogens with zero attached hydrogens (tertiary/aromatic N) is 2. The number of amides is 2. The van der Waals surface area contributed by atoms with Gasteiger partial charge in [0.15, 0.2) is 0 Å². The van der Waals surface area contributed by atoms with Gasteiger partial charge in [-0.3, -0.25) is 14.6 Å². The van der Waals surface area contributed by atoms with E-state index >= 15 is 0 Å². The van der Waals surface area contributed by atoms with Gasteiger partial charge in [-0.25, -0.2) is 0 Å². The second-order valence-corrected chi connectivity index (χ2v) is 6.96. The van der Waals surface area contributed by atoms with Gasteiger partial charge < -0.3 is 10.2 Å². The van der Waals surface area contributed by atoms with Crippen LogP contribution in [0.3, 0.4) is 0 Å². The highest BCUT2D eigenvalue weighted by Crippen LogP contribution is 2.24. The van der Waals surface area contributed by atoms with Gasteiger partial charge in [0.05, 0.1) is 5.56 Å². The number of pyridine rings is 1. The van der Waals surface area contributed by atoms with Crippen LogP contribution in [0, 0.1) is 5.92 Å². The summed E-state index contributed by atoms with van der Waals surface area (Å²) in [6, 6.07) is 10.5. The summed E-state index contributed by atoms with van der Waals surface area (Å²) < 4.78 is 0. The standard InChI is InChI=1S/C21H25N3O2/c1-24(15-16-6-3-2-4-7-16)21(26)17-9-11-19(12-10-17)23-20(25)18-8-5-13-22-14-18/h5,8-14,16H,2-4,6-7,15H2,1H3,(H,23,25). The molecule has 1 aromatic carbocycles. The minimum Gasteiger partial charge on any atom is -0.341 e. The number of rotatable bonds is 5. The lowest BCUT2D eigenvalue weighted by molar-refractivity contribution is 0.0760. The van der Waals surface area contributed by atoms with E-state index in [1.54, 1.807) is 42.6 Å². The highest BCUT2D eigenvalue weighted by molar-refractivity contribution is 6.04. The van der Waals surface area contributed by atoms with Gasteiger partial charge in [-0.15, -0.1) is 0 Å². The maximum atomic E-state index is 12.6. The third-order valence-electron chi connectivity index (χ3n) is 4.92. The fourth-order valence-electron chi connectivity index (χ4n) is 3.46. The van der Waals surface area contributed by atoms with Crippen LogP contribution in [0.15, 0.2) is 48.8 Å². The number of anilines is 1. The number of hydrogen-bond donors (Lipinski definition) is 1. The number of hydrogen-bond acceptors (Lipinski definition) is 3. The molecule has 1 aromatic heterocycles. The Hall–Kier alpha value is -2.69. The first-order valence-electron chi connectivity index (χ1n) is 9.20. The molecule has 0 bridgehead atoms. The zero-order valence-corrected chi connectivity index (χ0v) is 15.1. The molecule has 0 saturated heterocycles. The van der Waals surface area contributed by atoms with Crippen molar-refractivity contribution in [3.63, 3.8) is 0 Å².